The molecule has 2 aromatic rings. The minimum Gasteiger partial charge on any atom is -0.496 e. The molecule has 0 unspecified atom stereocenters. The van der Waals surface area contributed by atoms with Gasteiger partial charge in [0.25, 0.3) is 0 Å². The Morgan fingerprint density at radius 1 is 1.17 bits per heavy atom. The molecule has 128 valence electrons. The van der Waals surface area contributed by atoms with Crippen molar-refractivity contribution in [2.45, 2.75) is 26.8 Å². The molecule has 2 rings (SSSR count). The lowest BCUT2D eigenvalue weighted by Gasteiger charge is -2.20. The van der Waals surface area contributed by atoms with Gasteiger partial charge in [-0.1, -0.05) is 17.7 Å². The normalized spacial score (nSPS) is 11.5. The number of anilines is 1. The first-order valence-corrected chi connectivity index (χ1v) is 8.39. The van der Waals surface area contributed by atoms with E-state index in [2.05, 4.69) is 30.5 Å². The van der Waals surface area contributed by atoms with E-state index >= 15 is 0 Å². The fourth-order valence-electron chi connectivity index (χ4n) is 2.43. The van der Waals surface area contributed by atoms with Gasteiger partial charge in [-0.25, -0.2) is 0 Å². The summed E-state index contributed by atoms with van der Waals surface area (Å²) < 4.78 is 10.9. The summed E-state index contributed by atoms with van der Waals surface area (Å²) in [6.45, 7) is 6.74. The van der Waals surface area contributed by atoms with Crippen molar-refractivity contribution in [1.29, 1.82) is 0 Å². The number of aryl methyl sites for hydroxylation is 1. The highest BCUT2D eigenvalue weighted by atomic mass is 32.1. The lowest BCUT2D eigenvalue weighted by atomic mass is 10.0. The summed E-state index contributed by atoms with van der Waals surface area (Å²) in [7, 11) is 1.68. The van der Waals surface area contributed by atoms with E-state index < -0.39 is 0 Å². The summed E-state index contributed by atoms with van der Waals surface area (Å²) >= 11 is 5.41. The average molecular weight is 344 g/mol. The van der Waals surface area contributed by atoms with Crippen molar-refractivity contribution in [3.63, 3.8) is 0 Å². The van der Waals surface area contributed by atoms with Gasteiger partial charge in [0.15, 0.2) is 5.11 Å². The molecule has 0 saturated carbocycles. The first-order valence-electron chi connectivity index (χ1n) is 7.98. The van der Waals surface area contributed by atoms with E-state index in [1.165, 1.54) is 5.56 Å². The highest BCUT2D eigenvalue weighted by Gasteiger charge is 2.12. The zero-order valence-corrected chi connectivity index (χ0v) is 15.4. The van der Waals surface area contributed by atoms with Crippen LogP contribution < -0.4 is 20.1 Å². The van der Waals surface area contributed by atoms with Gasteiger partial charge in [0.05, 0.1) is 19.8 Å². The standard InChI is InChI=1S/C19H24N2O2S/c1-5-23-16-9-7-15(8-10-16)21-19(24)20-14(3)17-12-13(2)6-11-18(17)22-4/h6-12,14H,5H2,1-4H3,(H2,20,21,24)/t14-/m1/s1. The fourth-order valence-corrected chi connectivity index (χ4v) is 2.73. The Bertz CT molecular complexity index is 686. The van der Waals surface area contributed by atoms with Crippen molar-refractivity contribution in [2.75, 3.05) is 19.0 Å². The summed E-state index contributed by atoms with van der Waals surface area (Å²) in [5.74, 6) is 1.70. The van der Waals surface area contributed by atoms with Gasteiger partial charge in [-0.2, -0.15) is 0 Å². The molecule has 5 heteroatoms. The van der Waals surface area contributed by atoms with Crippen LogP contribution in [0.3, 0.4) is 0 Å². The summed E-state index contributed by atoms with van der Waals surface area (Å²) in [5.41, 5.74) is 3.18. The Kier molecular flexibility index (Phi) is 6.44. The molecule has 0 heterocycles. The number of hydrogen-bond acceptors (Lipinski definition) is 3. The summed E-state index contributed by atoms with van der Waals surface area (Å²) in [6.07, 6.45) is 0. The number of rotatable bonds is 6. The second-order valence-corrected chi connectivity index (χ2v) is 5.93. The molecular formula is C19H24N2O2S. The smallest absolute Gasteiger partial charge is 0.171 e. The largest absolute Gasteiger partial charge is 0.496 e. The monoisotopic (exact) mass is 344 g/mol. The van der Waals surface area contributed by atoms with E-state index in [-0.39, 0.29) is 6.04 Å². The molecule has 0 amide bonds. The van der Waals surface area contributed by atoms with E-state index in [1.807, 2.05) is 43.3 Å². The van der Waals surface area contributed by atoms with Crippen LogP contribution in [-0.2, 0) is 0 Å². The van der Waals surface area contributed by atoms with E-state index in [0.29, 0.717) is 11.7 Å². The van der Waals surface area contributed by atoms with Crippen molar-refractivity contribution in [3.8, 4) is 11.5 Å². The number of ether oxygens (including phenoxy) is 2. The third kappa shape index (κ3) is 4.86. The van der Waals surface area contributed by atoms with Crippen molar-refractivity contribution < 1.29 is 9.47 Å². The molecule has 0 fully saturated rings. The Morgan fingerprint density at radius 2 is 1.88 bits per heavy atom. The number of hydrogen-bond donors (Lipinski definition) is 2. The Hall–Kier alpha value is -2.27. The van der Waals surface area contributed by atoms with Crippen LogP contribution in [0.15, 0.2) is 42.5 Å². The van der Waals surface area contributed by atoms with Crippen LogP contribution in [0.5, 0.6) is 11.5 Å². The number of thiocarbonyl (C=S) groups is 1. The van der Waals surface area contributed by atoms with E-state index in [9.17, 15) is 0 Å². The van der Waals surface area contributed by atoms with E-state index in [4.69, 9.17) is 21.7 Å². The fraction of sp³-hybridized carbons (Fsp3) is 0.316. The molecule has 0 aliphatic rings. The maximum Gasteiger partial charge on any atom is 0.171 e. The van der Waals surface area contributed by atoms with Crippen LogP contribution >= 0.6 is 12.2 Å². The van der Waals surface area contributed by atoms with Gasteiger partial charge in [-0.3, -0.25) is 0 Å². The molecule has 0 aliphatic heterocycles. The van der Waals surface area contributed by atoms with Crippen molar-refractivity contribution in [1.82, 2.24) is 5.32 Å². The van der Waals surface area contributed by atoms with Gasteiger partial charge in [-0.05, 0) is 63.3 Å². The van der Waals surface area contributed by atoms with Gasteiger partial charge >= 0.3 is 0 Å². The Labute approximate surface area is 149 Å². The number of benzene rings is 2. The average Bonchev–Trinajstić information content (AvgIpc) is 2.56. The molecule has 2 N–H and O–H groups in total. The van der Waals surface area contributed by atoms with Crippen LogP contribution in [0.25, 0.3) is 0 Å². The minimum absolute atomic E-state index is 0.0301. The number of methoxy groups -OCH3 is 1. The maximum absolute atomic E-state index is 5.44. The molecule has 0 aromatic heterocycles. The van der Waals surface area contributed by atoms with Gasteiger partial charge in [0.1, 0.15) is 11.5 Å². The molecule has 4 nitrogen and oxygen atoms in total. The zero-order valence-electron chi connectivity index (χ0n) is 14.6. The number of nitrogens with one attached hydrogen (secondary N) is 2. The highest BCUT2D eigenvalue weighted by molar-refractivity contribution is 7.80. The summed E-state index contributed by atoms with van der Waals surface area (Å²) in [6, 6.07) is 13.9. The van der Waals surface area contributed by atoms with Gasteiger partial charge < -0.3 is 20.1 Å². The van der Waals surface area contributed by atoms with Crippen molar-refractivity contribution in [3.05, 3.63) is 53.6 Å². The van der Waals surface area contributed by atoms with Gasteiger partial charge in [0.2, 0.25) is 0 Å². The molecule has 0 bridgehead atoms. The first kappa shape index (κ1) is 18.1. The zero-order chi connectivity index (χ0) is 17.5. The quantitative estimate of drug-likeness (QED) is 0.758. The molecule has 0 radical (unpaired) electrons. The Balaban J connectivity index is 2.00. The van der Waals surface area contributed by atoms with Crippen LogP contribution in [0.1, 0.15) is 31.0 Å². The molecular weight excluding hydrogens is 320 g/mol. The molecule has 1 atom stereocenters. The van der Waals surface area contributed by atoms with Crippen LogP contribution in [0.4, 0.5) is 5.69 Å². The van der Waals surface area contributed by atoms with Gasteiger partial charge in [-0.15, -0.1) is 0 Å². The Morgan fingerprint density at radius 3 is 2.50 bits per heavy atom. The SMILES string of the molecule is CCOc1ccc(NC(=S)N[C@H](C)c2cc(C)ccc2OC)cc1. The lowest BCUT2D eigenvalue weighted by Crippen LogP contribution is -2.31. The van der Waals surface area contributed by atoms with E-state index in [1.54, 1.807) is 7.11 Å². The molecule has 0 saturated heterocycles. The highest BCUT2D eigenvalue weighted by Crippen LogP contribution is 2.26. The molecule has 0 aliphatic carbocycles. The maximum atomic E-state index is 5.44. The second kappa shape index (κ2) is 8.55. The van der Waals surface area contributed by atoms with E-state index in [0.717, 1.165) is 22.7 Å². The third-order valence-corrected chi connectivity index (χ3v) is 3.84. The molecule has 0 spiro atoms. The topological polar surface area (TPSA) is 42.5 Å². The second-order valence-electron chi connectivity index (χ2n) is 5.52. The van der Waals surface area contributed by atoms with Crippen LogP contribution in [0, 0.1) is 6.92 Å². The van der Waals surface area contributed by atoms with Crippen molar-refractivity contribution in [2.24, 2.45) is 0 Å². The van der Waals surface area contributed by atoms with Crippen LogP contribution in [0.2, 0.25) is 0 Å². The first-order chi connectivity index (χ1) is 11.5. The summed E-state index contributed by atoms with van der Waals surface area (Å²) in [5, 5.41) is 7.05. The van der Waals surface area contributed by atoms with Crippen molar-refractivity contribution >= 4 is 23.0 Å². The van der Waals surface area contributed by atoms with Crippen LogP contribution in [-0.4, -0.2) is 18.8 Å². The summed E-state index contributed by atoms with van der Waals surface area (Å²) in [4.78, 5) is 0. The molecule has 24 heavy (non-hydrogen) atoms. The third-order valence-electron chi connectivity index (χ3n) is 3.62. The van der Waals surface area contributed by atoms with Gasteiger partial charge in [0, 0.05) is 11.3 Å². The minimum atomic E-state index is 0.0301. The predicted molar refractivity (Wildman–Crippen MR) is 103 cm³/mol. The molecule has 2 aromatic carbocycles. The predicted octanol–water partition coefficient (Wildman–Crippen LogP) is 4.45. The lowest BCUT2D eigenvalue weighted by molar-refractivity contribution is 0.340.